The van der Waals surface area contributed by atoms with E-state index in [0.29, 0.717) is 18.0 Å². The van der Waals surface area contributed by atoms with Crippen molar-refractivity contribution in [3.8, 4) is 0 Å². The fourth-order valence-corrected chi connectivity index (χ4v) is 1.50. The van der Waals surface area contributed by atoms with Crippen molar-refractivity contribution < 1.29 is 4.79 Å². The standard InChI is InChI=1S/C12H17N3O2S/c1-9-3-6-15(11(16)7-9)8-12(17)14(2)5-4-10(13)18/h3,6-7H,4-5,8H2,1-2H3,(H2,13,18). The van der Waals surface area contributed by atoms with Gasteiger partial charge in [-0.15, -0.1) is 0 Å². The molecule has 0 spiro atoms. The van der Waals surface area contributed by atoms with Crippen LogP contribution in [-0.4, -0.2) is 34.0 Å². The number of thiocarbonyl (C=S) groups is 1. The first-order valence-corrected chi connectivity index (χ1v) is 6.00. The lowest BCUT2D eigenvalue weighted by Gasteiger charge is -2.17. The van der Waals surface area contributed by atoms with Gasteiger partial charge in [0.2, 0.25) is 5.91 Å². The number of aromatic nitrogens is 1. The Balaban J connectivity index is 2.64. The highest BCUT2D eigenvalue weighted by Gasteiger charge is 2.10. The minimum absolute atomic E-state index is 0.0347. The number of aryl methyl sites for hydroxylation is 1. The summed E-state index contributed by atoms with van der Waals surface area (Å²) in [5.41, 5.74) is 6.08. The minimum atomic E-state index is -0.175. The van der Waals surface area contributed by atoms with E-state index in [9.17, 15) is 9.59 Å². The van der Waals surface area contributed by atoms with Crippen LogP contribution in [0.15, 0.2) is 23.1 Å². The molecule has 0 aliphatic heterocycles. The van der Waals surface area contributed by atoms with Crippen LogP contribution in [0.2, 0.25) is 0 Å². The van der Waals surface area contributed by atoms with E-state index < -0.39 is 0 Å². The Morgan fingerprint density at radius 2 is 2.22 bits per heavy atom. The third-order valence-corrected chi connectivity index (χ3v) is 2.78. The van der Waals surface area contributed by atoms with Gasteiger partial charge in [-0.2, -0.15) is 0 Å². The summed E-state index contributed by atoms with van der Waals surface area (Å²) in [7, 11) is 1.67. The predicted octanol–water partition coefficient (Wildman–Crippen LogP) is 0.291. The predicted molar refractivity (Wildman–Crippen MR) is 74.5 cm³/mol. The molecule has 0 aromatic carbocycles. The van der Waals surface area contributed by atoms with E-state index in [1.54, 1.807) is 19.3 Å². The molecule has 0 saturated heterocycles. The van der Waals surface area contributed by atoms with Crippen molar-refractivity contribution in [3.05, 3.63) is 34.2 Å². The Kier molecular flexibility index (Phi) is 5.03. The molecule has 0 atom stereocenters. The molecule has 5 nitrogen and oxygen atoms in total. The Bertz CT molecular complexity index is 510. The van der Waals surface area contributed by atoms with E-state index in [4.69, 9.17) is 18.0 Å². The summed E-state index contributed by atoms with van der Waals surface area (Å²) in [5.74, 6) is -0.141. The van der Waals surface area contributed by atoms with Crippen LogP contribution in [0, 0.1) is 6.92 Å². The second-order valence-corrected chi connectivity index (χ2v) is 4.73. The van der Waals surface area contributed by atoms with Crippen LogP contribution < -0.4 is 11.3 Å². The molecule has 1 aromatic heterocycles. The fourth-order valence-electron chi connectivity index (χ4n) is 1.41. The molecule has 0 radical (unpaired) electrons. The maximum absolute atomic E-state index is 11.8. The van der Waals surface area contributed by atoms with Crippen LogP contribution in [0.3, 0.4) is 0 Å². The first-order chi connectivity index (χ1) is 8.40. The van der Waals surface area contributed by atoms with Crippen molar-refractivity contribution in [3.63, 3.8) is 0 Å². The fraction of sp³-hybridized carbons (Fsp3) is 0.417. The Morgan fingerprint density at radius 3 is 2.78 bits per heavy atom. The second kappa shape index (κ2) is 6.30. The highest BCUT2D eigenvalue weighted by atomic mass is 32.1. The molecule has 1 amide bonds. The number of amides is 1. The molecule has 1 heterocycles. The molecule has 0 fully saturated rings. The average Bonchev–Trinajstić information content (AvgIpc) is 2.29. The first-order valence-electron chi connectivity index (χ1n) is 5.59. The summed E-state index contributed by atoms with van der Waals surface area (Å²) in [6, 6.07) is 3.30. The number of likely N-dealkylation sites (N-methyl/N-ethyl adjacent to an activating group) is 1. The number of pyridine rings is 1. The van der Waals surface area contributed by atoms with Crippen molar-refractivity contribution in [1.29, 1.82) is 0 Å². The van der Waals surface area contributed by atoms with E-state index in [0.717, 1.165) is 5.56 Å². The lowest BCUT2D eigenvalue weighted by molar-refractivity contribution is -0.130. The van der Waals surface area contributed by atoms with Gasteiger partial charge in [0.25, 0.3) is 5.56 Å². The number of rotatable bonds is 5. The second-order valence-electron chi connectivity index (χ2n) is 4.20. The zero-order valence-electron chi connectivity index (χ0n) is 10.5. The minimum Gasteiger partial charge on any atom is -0.393 e. The van der Waals surface area contributed by atoms with Crippen LogP contribution in [0.1, 0.15) is 12.0 Å². The quantitative estimate of drug-likeness (QED) is 0.779. The number of hydrogen-bond acceptors (Lipinski definition) is 3. The number of hydrogen-bond donors (Lipinski definition) is 1. The smallest absolute Gasteiger partial charge is 0.251 e. The third kappa shape index (κ3) is 4.29. The SMILES string of the molecule is Cc1ccn(CC(=O)N(C)CCC(N)=S)c(=O)c1. The van der Waals surface area contributed by atoms with E-state index in [-0.39, 0.29) is 18.0 Å². The topological polar surface area (TPSA) is 68.3 Å². The molecule has 0 bridgehead atoms. The third-order valence-electron chi connectivity index (χ3n) is 2.58. The van der Waals surface area contributed by atoms with Crippen molar-refractivity contribution >= 4 is 23.1 Å². The molecule has 0 aliphatic rings. The van der Waals surface area contributed by atoms with E-state index in [1.165, 1.54) is 15.5 Å². The van der Waals surface area contributed by atoms with Gasteiger partial charge in [-0.3, -0.25) is 9.59 Å². The first kappa shape index (κ1) is 14.4. The molecule has 0 unspecified atom stereocenters. The van der Waals surface area contributed by atoms with Crippen molar-refractivity contribution in [1.82, 2.24) is 9.47 Å². The maximum Gasteiger partial charge on any atom is 0.251 e. The molecule has 0 saturated carbocycles. The van der Waals surface area contributed by atoms with Gasteiger partial charge in [-0.05, 0) is 18.6 Å². The normalized spacial score (nSPS) is 10.1. The summed E-state index contributed by atoms with van der Waals surface area (Å²) < 4.78 is 1.38. The summed E-state index contributed by atoms with van der Waals surface area (Å²) in [5, 5.41) is 0. The van der Waals surface area contributed by atoms with Crippen LogP contribution in [0.25, 0.3) is 0 Å². The van der Waals surface area contributed by atoms with Crippen LogP contribution >= 0.6 is 12.2 Å². The molecule has 1 aromatic rings. The molecular weight excluding hydrogens is 250 g/mol. The number of carbonyl (C=O) groups excluding carboxylic acids is 1. The van der Waals surface area contributed by atoms with Gasteiger partial charge in [0.1, 0.15) is 6.54 Å². The Morgan fingerprint density at radius 1 is 1.56 bits per heavy atom. The van der Waals surface area contributed by atoms with Crippen molar-refractivity contribution in [2.24, 2.45) is 5.73 Å². The highest BCUT2D eigenvalue weighted by molar-refractivity contribution is 7.80. The molecule has 98 valence electrons. The zero-order chi connectivity index (χ0) is 13.7. The molecule has 6 heteroatoms. The number of nitrogens with zero attached hydrogens (tertiary/aromatic N) is 2. The summed E-state index contributed by atoms with van der Waals surface area (Å²) >= 11 is 4.75. The van der Waals surface area contributed by atoms with E-state index in [1.807, 2.05) is 6.92 Å². The summed E-state index contributed by atoms with van der Waals surface area (Å²) in [4.78, 5) is 25.4. The van der Waals surface area contributed by atoms with Crippen molar-refractivity contribution in [2.45, 2.75) is 19.9 Å². The van der Waals surface area contributed by atoms with Crippen LogP contribution in [0.4, 0.5) is 0 Å². The zero-order valence-corrected chi connectivity index (χ0v) is 11.4. The van der Waals surface area contributed by atoms with Gasteiger partial charge in [0, 0.05) is 32.3 Å². The monoisotopic (exact) mass is 267 g/mol. The van der Waals surface area contributed by atoms with E-state index >= 15 is 0 Å². The molecule has 0 aliphatic carbocycles. The molecule has 18 heavy (non-hydrogen) atoms. The largest absolute Gasteiger partial charge is 0.393 e. The van der Waals surface area contributed by atoms with Gasteiger partial charge >= 0.3 is 0 Å². The number of carbonyl (C=O) groups is 1. The molecule has 1 rings (SSSR count). The maximum atomic E-state index is 11.8. The van der Waals surface area contributed by atoms with Gasteiger partial charge in [-0.1, -0.05) is 12.2 Å². The lowest BCUT2D eigenvalue weighted by atomic mass is 10.3. The summed E-state index contributed by atoms with van der Waals surface area (Å²) in [6.45, 7) is 2.34. The van der Waals surface area contributed by atoms with Gasteiger partial charge in [-0.25, -0.2) is 0 Å². The Labute approximate surface area is 111 Å². The van der Waals surface area contributed by atoms with Crippen LogP contribution in [-0.2, 0) is 11.3 Å². The van der Waals surface area contributed by atoms with Crippen molar-refractivity contribution in [2.75, 3.05) is 13.6 Å². The number of nitrogens with two attached hydrogens (primary N) is 1. The van der Waals surface area contributed by atoms with E-state index in [2.05, 4.69) is 0 Å². The molecule has 2 N–H and O–H groups in total. The molecular formula is C12H17N3O2S. The Hall–Kier alpha value is -1.69. The van der Waals surface area contributed by atoms with Gasteiger partial charge in [0.15, 0.2) is 0 Å². The van der Waals surface area contributed by atoms with Gasteiger partial charge in [0.05, 0.1) is 4.99 Å². The summed E-state index contributed by atoms with van der Waals surface area (Å²) in [6.07, 6.45) is 2.11. The van der Waals surface area contributed by atoms with Crippen LogP contribution in [0.5, 0.6) is 0 Å². The highest BCUT2D eigenvalue weighted by Crippen LogP contribution is 1.95. The lowest BCUT2D eigenvalue weighted by Crippen LogP contribution is -2.35. The average molecular weight is 267 g/mol. The van der Waals surface area contributed by atoms with Gasteiger partial charge < -0.3 is 15.2 Å².